The van der Waals surface area contributed by atoms with Gasteiger partial charge in [-0.3, -0.25) is 4.79 Å². The van der Waals surface area contributed by atoms with E-state index >= 15 is 0 Å². The minimum Gasteiger partial charge on any atom is -0.450 e. The molecule has 1 aromatic rings. The highest BCUT2D eigenvalue weighted by Crippen LogP contribution is 2.21. The van der Waals surface area contributed by atoms with E-state index in [1.54, 1.807) is 4.90 Å². The molecule has 2 amide bonds. The van der Waals surface area contributed by atoms with E-state index in [1.807, 2.05) is 36.1 Å². The van der Waals surface area contributed by atoms with Crippen molar-refractivity contribution in [3.8, 4) is 0 Å². The topological polar surface area (TPSA) is 77.5 Å². The molecule has 3 rings (SSSR count). The van der Waals surface area contributed by atoms with Crippen LogP contribution in [0.25, 0.3) is 0 Å². The number of piperidine rings is 1. The van der Waals surface area contributed by atoms with E-state index < -0.39 is 0 Å². The first-order valence-electron chi connectivity index (χ1n) is 11.0. The van der Waals surface area contributed by atoms with Gasteiger partial charge in [-0.05, 0) is 44.4 Å². The number of anilines is 1. The smallest absolute Gasteiger partial charge is 0.409 e. The number of nitrogens with one attached hydrogen (secondary N) is 1. The Morgan fingerprint density at radius 1 is 1.03 bits per heavy atom. The highest BCUT2D eigenvalue weighted by molar-refractivity contribution is 14.0. The summed E-state index contributed by atoms with van der Waals surface area (Å²) >= 11 is 0. The van der Waals surface area contributed by atoms with Gasteiger partial charge in [-0.2, -0.15) is 0 Å². The number of benzene rings is 1. The molecule has 0 spiro atoms. The Morgan fingerprint density at radius 3 is 2.32 bits per heavy atom. The number of hydrogen-bond acceptors (Lipinski definition) is 4. The van der Waals surface area contributed by atoms with Crippen molar-refractivity contribution in [2.75, 3.05) is 50.8 Å². The van der Waals surface area contributed by atoms with Crippen LogP contribution in [0.2, 0.25) is 0 Å². The van der Waals surface area contributed by atoms with Crippen LogP contribution in [0.15, 0.2) is 29.3 Å². The molecule has 9 heteroatoms. The third-order valence-corrected chi connectivity index (χ3v) is 5.42. The Kier molecular flexibility index (Phi) is 10.4. The zero-order chi connectivity index (χ0) is 21.3. The van der Waals surface area contributed by atoms with E-state index in [9.17, 15) is 9.59 Å². The third-order valence-electron chi connectivity index (χ3n) is 5.42. The molecule has 8 nitrogen and oxygen atoms in total. The van der Waals surface area contributed by atoms with Crippen molar-refractivity contribution in [2.24, 2.45) is 4.99 Å². The number of ether oxygens (including phenoxy) is 1. The minimum atomic E-state index is -0.244. The summed E-state index contributed by atoms with van der Waals surface area (Å²) in [6.45, 7) is 9.12. The Morgan fingerprint density at radius 2 is 1.71 bits per heavy atom. The van der Waals surface area contributed by atoms with Gasteiger partial charge in [0.2, 0.25) is 5.91 Å². The molecule has 2 saturated heterocycles. The van der Waals surface area contributed by atoms with Gasteiger partial charge >= 0.3 is 6.09 Å². The van der Waals surface area contributed by atoms with Gasteiger partial charge in [0.25, 0.3) is 0 Å². The first-order chi connectivity index (χ1) is 14.6. The molecule has 0 aromatic heterocycles. The van der Waals surface area contributed by atoms with Crippen molar-refractivity contribution in [3.05, 3.63) is 29.8 Å². The van der Waals surface area contributed by atoms with Gasteiger partial charge in [-0.1, -0.05) is 12.1 Å². The lowest BCUT2D eigenvalue weighted by Crippen LogP contribution is -2.53. The molecule has 1 aromatic carbocycles. The summed E-state index contributed by atoms with van der Waals surface area (Å²) < 4.78 is 5.09. The molecular formula is C22H34IN5O3. The van der Waals surface area contributed by atoms with Crippen LogP contribution in [-0.4, -0.2) is 73.6 Å². The predicted molar refractivity (Wildman–Crippen MR) is 133 cm³/mol. The second-order valence-electron chi connectivity index (χ2n) is 7.51. The van der Waals surface area contributed by atoms with Crippen LogP contribution in [0.1, 0.15) is 38.7 Å². The molecule has 31 heavy (non-hydrogen) atoms. The van der Waals surface area contributed by atoms with Crippen LogP contribution in [0.5, 0.6) is 0 Å². The summed E-state index contributed by atoms with van der Waals surface area (Å²) in [5.74, 6) is 1.07. The molecule has 2 heterocycles. The van der Waals surface area contributed by atoms with Crippen LogP contribution in [0, 0.1) is 0 Å². The molecule has 1 N–H and O–H groups in total. The van der Waals surface area contributed by atoms with Crippen molar-refractivity contribution in [1.29, 1.82) is 0 Å². The van der Waals surface area contributed by atoms with Gasteiger partial charge < -0.3 is 24.8 Å². The standard InChI is InChI=1S/C22H33N5O3.HI/c1-3-23-21(25-13-15-26(16-14-25)22(29)30-4-2)24-17-18-8-10-19(11-9-18)27-12-6-5-7-20(27)28;/h8-11H,3-7,12-17H2,1-2H3,(H,23,24);1H. The number of rotatable bonds is 5. The first kappa shape index (κ1) is 25.2. The number of amides is 2. The van der Waals surface area contributed by atoms with E-state index in [2.05, 4.69) is 17.1 Å². The Hall–Kier alpha value is -2.04. The molecule has 0 radical (unpaired) electrons. The van der Waals surface area contributed by atoms with E-state index in [0.29, 0.717) is 32.7 Å². The number of hydrogen-bond donors (Lipinski definition) is 1. The monoisotopic (exact) mass is 543 g/mol. The van der Waals surface area contributed by atoms with E-state index in [-0.39, 0.29) is 36.0 Å². The highest BCUT2D eigenvalue weighted by atomic mass is 127. The fourth-order valence-corrected chi connectivity index (χ4v) is 3.77. The maximum absolute atomic E-state index is 12.1. The average molecular weight is 543 g/mol. The van der Waals surface area contributed by atoms with Gasteiger partial charge in [0.1, 0.15) is 0 Å². The van der Waals surface area contributed by atoms with Crippen molar-refractivity contribution >= 4 is 47.6 Å². The summed E-state index contributed by atoms with van der Waals surface area (Å²) in [5.41, 5.74) is 2.07. The molecular weight excluding hydrogens is 509 g/mol. The maximum Gasteiger partial charge on any atom is 0.409 e. The number of nitrogens with zero attached hydrogens (tertiary/aromatic N) is 4. The Balaban J connectivity index is 0.00000341. The van der Waals surface area contributed by atoms with Crippen LogP contribution in [0.3, 0.4) is 0 Å². The first-order valence-corrected chi connectivity index (χ1v) is 11.0. The summed E-state index contributed by atoms with van der Waals surface area (Å²) in [6.07, 6.45) is 2.45. The van der Waals surface area contributed by atoms with Crippen LogP contribution in [0.4, 0.5) is 10.5 Å². The lowest BCUT2D eigenvalue weighted by atomic mass is 10.1. The van der Waals surface area contributed by atoms with Gasteiger partial charge in [0.05, 0.1) is 13.2 Å². The molecule has 2 fully saturated rings. The van der Waals surface area contributed by atoms with Gasteiger partial charge in [-0.25, -0.2) is 9.79 Å². The molecule has 0 unspecified atom stereocenters. The Bertz CT molecular complexity index is 748. The zero-order valence-corrected chi connectivity index (χ0v) is 20.8. The number of aliphatic imine (C=N–C) groups is 1. The fourth-order valence-electron chi connectivity index (χ4n) is 3.77. The van der Waals surface area contributed by atoms with E-state index in [1.165, 1.54) is 0 Å². The van der Waals surface area contributed by atoms with Gasteiger partial charge in [0, 0.05) is 51.4 Å². The van der Waals surface area contributed by atoms with Gasteiger partial charge in [-0.15, -0.1) is 24.0 Å². The maximum atomic E-state index is 12.1. The number of carbonyl (C=O) groups is 2. The Labute approximate surface area is 202 Å². The lowest BCUT2D eigenvalue weighted by molar-refractivity contribution is -0.119. The molecule has 2 aliphatic heterocycles. The number of carbonyl (C=O) groups excluding carboxylic acids is 2. The average Bonchev–Trinajstić information content (AvgIpc) is 2.78. The summed E-state index contributed by atoms with van der Waals surface area (Å²) in [4.78, 5) is 34.6. The molecule has 0 atom stereocenters. The second kappa shape index (κ2) is 12.7. The van der Waals surface area contributed by atoms with E-state index in [0.717, 1.165) is 56.2 Å². The molecule has 0 bridgehead atoms. The number of halogens is 1. The van der Waals surface area contributed by atoms with Crippen LogP contribution >= 0.6 is 24.0 Å². The number of piperazine rings is 1. The van der Waals surface area contributed by atoms with Crippen molar-refractivity contribution in [2.45, 2.75) is 39.7 Å². The van der Waals surface area contributed by atoms with Gasteiger partial charge in [0.15, 0.2) is 5.96 Å². The van der Waals surface area contributed by atoms with Crippen molar-refractivity contribution in [3.63, 3.8) is 0 Å². The number of guanidine groups is 1. The quantitative estimate of drug-likeness (QED) is 0.351. The summed E-state index contributed by atoms with van der Waals surface area (Å²) in [7, 11) is 0. The van der Waals surface area contributed by atoms with Crippen molar-refractivity contribution < 1.29 is 14.3 Å². The SMILES string of the molecule is CCNC(=NCc1ccc(N2CCCCC2=O)cc1)N1CCN(C(=O)OCC)CC1.I. The zero-order valence-electron chi connectivity index (χ0n) is 18.5. The predicted octanol–water partition coefficient (Wildman–Crippen LogP) is 3.06. The highest BCUT2D eigenvalue weighted by Gasteiger charge is 2.24. The van der Waals surface area contributed by atoms with Crippen LogP contribution < -0.4 is 10.2 Å². The van der Waals surface area contributed by atoms with Crippen molar-refractivity contribution in [1.82, 2.24) is 15.1 Å². The molecule has 172 valence electrons. The third kappa shape index (κ3) is 6.98. The van der Waals surface area contributed by atoms with Crippen LogP contribution in [-0.2, 0) is 16.1 Å². The second-order valence-corrected chi connectivity index (χ2v) is 7.51. The molecule has 2 aliphatic rings. The lowest BCUT2D eigenvalue weighted by Gasteiger charge is -2.35. The fraction of sp³-hybridized carbons (Fsp3) is 0.591. The summed E-state index contributed by atoms with van der Waals surface area (Å²) in [5, 5.41) is 3.35. The molecule has 0 saturated carbocycles. The normalized spacial score (nSPS) is 17.3. The minimum absolute atomic E-state index is 0. The van der Waals surface area contributed by atoms with E-state index in [4.69, 9.17) is 9.73 Å². The largest absolute Gasteiger partial charge is 0.450 e. The summed E-state index contributed by atoms with van der Waals surface area (Å²) in [6, 6.07) is 8.12. The molecule has 0 aliphatic carbocycles.